The van der Waals surface area contributed by atoms with Crippen molar-refractivity contribution in [3.05, 3.63) is 41.9 Å². The molecule has 0 saturated carbocycles. The first-order valence-electron chi connectivity index (χ1n) is 8.18. The maximum absolute atomic E-state index is 5.00. The lowest BCUT2D eigenvalue weighted by atomic mass is 9.93. The SMILES string of the molecule is c1n[nH]cc1-c1nc2ccc3[nH]ncc3c2c2c1CCCCC2. The normalized spacial score (nSPS) is 15.0. The average Bonchev–Trinajstić information content (AvgIpc) is 3.20. The molecule has 0 bridgehead atoms. The van der Waals surface area contributed by atoms with Crippen molar-refractivity contribution in [1.29, 1.82) is 0 Å². The van der Waals surface area contributed by atoms with Gasteiger partial charge in [-0.1, -0.05) is 6.42 Å². The van der Waals surface area contributed by atoms with Crippen molar-refractivity contribution >= 4 is 21.8 Å². The molecule has 5 nitrogen and oxygen atoms in total. The van der Waals surface area contributed by atoms with Crippen LogP contribution in [0, 0.1) is 0 Å². The first kappa shape index (κ1) is 12.8. The van der Waals surface area contributed by atoms with E-state index in [1.807, 2.05) is 18.6 Å². The van der Waals surface area contributed by atoms with Gasteiger partial charge in [-0.05, 0) is 48.9 Å². The van der Waals surface area contributed by atoms with E-state index in [0.29, 0.717) is 0 Å². The number of aromatic nitrogens is 5. The second-order valence-corrected chi connectivity index (χ2v) is 6.26. The van der Waals surface area contributed by atoms with Gasteiger partial charge in [0.05, 0.1) is 29.1 Å². The van der Waals surface area contributed by atoms with Gasteiger partial charge in [-0.3, -0.25) is 10.2 Å². The van der Waals surface area contributed by atoms with Gasteiger partial charge >= 0.3 is 0 Å². The standard InChI is InChI=1S/C18H17N5/c1-2-4-12-13(5-3-1)18(11-8-19-20-9-11)22-16-7-6-15-14(17(12)16)10-21-23-15/h6-10H,1-5H2,(H,19,20)(H,21,23). The second kappa shape index (κ2) is 4.91. The quantitative estimate of drug-likeness (QED) is 0.526. The number of hydrogen-bond donors (Lipinski definition) is 2. The fourth-order valence-electron chi connectivity index (χ4n) is 3.84. The molecule has 0 atom stereocenters. The third-order valence-electron chi connectivity index (χ3n) is 4.91. The van der Waals surface area contributed by atoms with Crippen molar-refractivity contribution in [1.82, 2.24) is 25.4 Å². The summed E-state index contributed by atoms with van der Waals surface area (Å²) in [5, 5.41) is 16.8. The number of nitrogens with zero attached hydrogens (tertiary/aromatic N) is 3. The van der Waals surface area contributed by atoms with Crippen LogP contribution in [0.1, 0.15) is 30.4 Å². The topological polar surface area (TPSA) is 70.2 Å². The van der Waals surface area contributed by atoms with Crippen LogP contribution in [-0.4, -0.2) is 25.4 Å². The van der Waals surface area contributed by atoms with Gasteiger partial charge in [0.25, 0.3) is 0 Å². The molecule has 2 N–H and O–H groups in total. The van der Waals surface area contributed by atoms with Gasteiger partial charge in [-0.15, -0.1) is 0 Å². The van der Waals surface area contributed by atoms with Crippen LogP contribution < -0.4 is 0 Å². The Labute approximate surface area is 133 Å². The third kappa shape index (κ3) is 1.89. The summed E-state index contributed by atoms with van der Waals surface area (Å²) in [7, 11) is 0. The minimum absolute atomic E-state index is 1.05. The highest BCUT2D eigenvalue weighted by molar-refractivity contribution is 6.07. The fraction of sp³-hybridized carbons (Fsp3) is 0.278. The van der Waals surface area contributed by atoms with Gasteiger partial charge in [0.2, 0.25) is 0 Å². The lowest BCUT2D eigenvalue weighted by Crippen LogP contribution is -2.00. The molecule has 4 aromatic rings. The smallest absolute Gasteiger partial charge is 0.0775 e. The Kier molecular flexibility index (Phi) is 2.74. The van der Waals surface area contributed by atoms with E-state index in [0.717, 1.165) is 35.1 Å². The monoisotopic (exact) mass is 303 g/mol. The predicted molar refractivity (Wildman–Crippen MR) is 90.2 cm³/mol. The molecule has 3 aromatic heterocycles. The Morgan fingerprint density at radius 3 is 2.70 bits per heavy atom. The van der Waals surface area contributed by atoms with Crippen LogP contribution in [0.3, 0.4) is 0 Å². The molecule has 1 aliphatic carbocycles. The number of hydrogen-bond acceptors (Lipinski definition) is 3. The number of rotatable bonds is 1. The first-order chi connectivity index (χ1) is 11.4. The maximum Gasteiger partial charge on any atom is 0.0775 e. The van der Waals surface area contributed by atoms with Crippen molar-refractivity contribution < 1.29 is 0 Å². The molecule has 1 aromatic carbocycles. The van der Waals surface area contributed by atoms with E-state index in [-0.39, 0.29) is 0 Å². The van der Waals surface area contributed by atoms with Gasteiger partial charge in [-0.25, -0.2) is 4.98 Å². The van der Waals surface area contributed by atoms with Crippen LogP contribution in [0.4, 0.5) is 0 Å². The summed E-state index contributed by atoms with van der Waals surface area (Å²) in [6.45, 7) is 0. The van der Waals surface area contributed by atoms with E-state index in [4.69, 9.17) is 4.98 Å². The van der Waals surface area contributed by atoms with Gasteiger partial charge in [0.1, 0.15) is 0 Å². The molecule has 0 amide bonds. The Bertz CT molecular complexity index is 997. The van der Waals surface area contributed by atoms with Crippen molar-refractivity contribution in [3.8, 4) is 11.3 Å². The second-order valence-electron chi connectivity index (χ2n) is 6.26. The van der Waals surface area contributed by atoms with E-state index in [9.17, 15) is 0 Å². The van der Waals surface area contributed by atoms with E-state index < -0.39 is 0 Å². The molecule has 1 aliphatic rings. The Morgan fingerprint density at radius 1 is 0.913 bits per heavy atom. The fourth-order valence-corrected chi connectivity index (χ4v) is 3.84. The van der Waals surface area contributed by atoms with Crippen molar-refractivity contribution in [2.75, 3.05) is 0 Å². The molecule has 0 saturated heterocycles. The minimum atomic E-state index is 1.05. The van der Waals surface area contributed by atoms with Crippen LogP contribution in [0.25, 0.3) is 33.1 Å². The zero-order valence-corrected chi connectivity index (χ0v) is 12.8. The third-order valence-corrected chi connectivity index (χ3v) is 4.91. The summed E-state index contributed by atoms with van der Waals surface area (Å²) in [5.74, 6) is 0. The summed E-state index contributed by atoms with van der Waals surface area (Å²) in [4.78, 5) is 5.00. The van der Waals surface area contributed by atoms with Crippen molar-refractivity contribution in [3.63, 3.8) is 0 Å². The number of nitrogens with one attached hydrogen (secondary N) is 2. The van der Waals surface area contributed by atoms with Crippen LogP contribution in [0.5, 0.6) is 0 Å². The van der Waals surface area contributed by atoms with E-state index in [1.165, 1.54) is 41.2 Å². The van der Waals surface area contributed by atoms with Crippen molar-refractivity contribution in [2.24, 2.45) is 0 Å². The van der Waals surface area contributed by atoms with Crippen LogP contribution in [0.15, 0.2) is 30.7 Å². The zero-order valence-electron chi connectivity index (χ0n) is 12.8. The molecular formula is C18H17N5. The number of pyridine rings is 1. The van der Waals surface area contributed by atoms with Gasteiger partial charge in [-0.2, -0.15) is 10.2 Å². The highest BCUT2D eigenvalue weighted by Gasteiger charge is 2.20. The highest BCUT2D eigenvalue weighted by Crippen LogP contribution is 2.36. The predicted octanol–water partition coefficient (Wildman–Crippen LogP) is 3.77. The number of benzene rings is 1. The summed E-state index contributed by atoms with van der Waals surface area (Å²) in [5.41, 5.74) is 7.15. The molecule has 5 rings (SSSR count). The van der Waals surface area contributed by atoms with E-state index in [2.05, 4.69) is 32.5 Å². The number of fused-ring (bicyclic) bond motifs is 5. The lowest BCUT2D eigenvalue weighted by Gasteiger charge is -2.15. The molecule has 23 heavy (non-hydrogen) atoms. The minimum Gasteiger partial charge on any atom is -0.285 e. The van der Waals surface area contributed by atoms with Crippen LogP contribution >= 0.6 is 0 Å². The van der Waals surface area contributed by atoms with E-state index >= 15 is 0 Å². The molecule has 0 aliphatic heterocycles. The maximum atomic E-state index is 5.00. The summed E-state index contributed by atoms with van der Waals surface area (Å²) < 4.78 is 0. The van der Waals surface area contributed by atoms with Crippen molar-refractivity contribution in [2.45, 2.75) is 32.1 Å². The molecule has 3 heterocycles. The Morgan fingerprint density at radius 2 is 1.83 bits per heavy atom. The molecule has 0 spiro atoms. The molecule has 0 radical (unpaired) electrons. The molecule has 0 fully saturated rings. The van der Waals surface area contributed by atoms with Gasteiger partial charge in [0.15, 0.2) is 0 Å². The van der Waals surface area contributed by atoms with Crippen LogP contribution in [0.2, 0.25) is 0 Å². The molecule has 5 heteroatoms. The number of aromatic amines is 2. The van der Waals surface area contributed by atoms with Gasteiger partial charge < -0.3 is 0 Å². The summed E-state index contributed by atoms with van der Waals surface area (Å²) >= 11 is 0. The number of H-pyrrole nitrogens is 2. The molecule has 0 unspecified atom stereocenters. The zero-order chi connectivity index (χ0) is 15.2. The van der Waals surface area contributed by atoms with Gasteiger partial charge in [0, 0.05) is 22.5 Å². The first-order valence-corrected chi connectivity index (χ1v) is 8.18. The Hall–Kier alpha value is -2.69. The highest BCUT2D eigenvalue weighted by atomic mass is 15.1. The Balaban J connectivity index is 1.93. The average molecular weight is 303 g/mol. The lowest BCUT2D eigenvalue weighted by molar-refractivity contribution is 0.712. The largest absolute Gasteiger partial charge is 0.285 e. The van der Waals surface area contributed by atoms with E-state index in [1.54, 1.807) is 0 Å². The molecular weight excluding hydrogens is 286 g/mol. The number of aryl methyl sites for hydroxylation is 1. The van der Waals surface area contributed by atoms with Crippen LogP contribution in [-0.2, 0) is 12.8 Å². The molecule has 114 valence electrons. The summed E-state index contributed by atoms with van der Waals surface area (Å²) in [6, 6.07) is 4.17. The summed E-state index contributed by atoms with van der Waals surface area (Å²) in [6.07, 6.45) is 11.7.